The minimum Gasteiger partial charge on any atom is -0.347 e. The monoisotopic (exact) mass is 424 g/mol. The van der Waals surface area contributed by atoms with Crippen LogP contribution >= 0.6 is 11.6 Å². The molecule has 6 heteroatoms. The molecule has 1 N–H and O–H groups in total. The zero-order valence-electron chi connectivity index (χ0n) is 17.7. The van der Waals surface area contributed by atoms with Crippen LogP contribution in [0.1, 0.15) is 28.5 Å². The number of rotatable bonds is 6. The van der Waals surface area contributed by atoms with Crippen LogP contribution in [0.4, 0.5) is 0 Å². The average molecular weight is 425 g/mol. The fourth-order valence-electron chi connectivity index (χ4n) is 4.15. The van der Waals surface area contributed by atoms with Gasteiger partial charge >= 0.3 is 0 Å². The summed E-state index contributed by atoms with van der Waals surface area (Å²) in [6.07, 6.45) is 0. The van der Waals surface area contributed by atoms with Crippen molar-refractivity contribution < 1.29 is 4.79 Å². The van der Waals surface area contributed by atoms with E-state index in [-0.39, 0.29) is 5.91 Å². The molecule has 3 aromatic rings. The van der Waals surface area contributed by atoms with Gasteiger partial charge in [-0.1, -0.05) is 61.0 Å². The number of benzene rings is 2. The minimum absolute atomic E-state index is 0.156. The van der Waals surface area contributed by atoms with E-state index in [9.17, 15) is 4.79 Å². The fourth-order valence-corrected chi connectivity index (χ4v) is 4.52. The van der Waals surface area contributed by atoms with Crippen LogP contribution < -0.4 is 5.32 Å². The van der Waals surface area contributed by atoms with E-state index in [1.165, 1.54) is 5.56 Å². The van der Waals surface area contributed by atoms with Crippen LogP contribution in [-0.2, 0) is 20.1 Å². The second kappa shape index (κ2) is 9.21. The normalized spacial score (nSPS) is 15.6. The maximum absolute atomic E-state index is 12.8. The van der Waals surface area contributed by atoms with Crippen LogP contribution in [0.5, 0.6) is 0 Å². The zero-order valence-corrected chi connectivity index (χ0v) is 18.5. The van der Waals surface area contributed by atoms with Gasteiger partial charge in [-0.2, -0.15) is 0 Å². The molecule has 1 saturated heterocycles. The quantitative estimate of drug-likeness (QED) is 0.652. The summed E-state index contributed by atoms with van der Waals surface area (Å²) in [6.45, 7) is 9.37. The van der Waals surface area contributed by atoms with E-state index in [0.717, 1.165) is 55.7 Å². The number of carbonyl (C=O) groups excluding carboxylic acids is 1. The highest BCUT2D eigenvalue weighted by Crippen LogP contribution is 2.29. The van der Waals surface area contributed by atoms with Crippen molar-refractivity contribution in [1.29, 1.82) is 0 Å². The largest absolute Gasteiger partial charge is 0.347 e. The lowest BCUT2D eigenvalue weighted by Gasteiger charge is -2.34. The summed E-state index contributed by atoms with van der Waals surface area (Å²) >= 11 is 6.48. The number of para-hydroxylation sites is 1. The number of nitrogens with zero attached hydrogens (tertiary/aromatic N) is 3. The Labute approximate surface area is 183 Å². The number of nitrogens with one attached hydrogen (secondary N) is 1. The van der Waals surface area contributed by atoms with Gasteiger partial charge in [0, 0.05) is 57.2 Å². The molecule has 4 rings (SSSR count). The third kappa shape index (κ3) is 4.38. The average Bonchev–Trinajstić information content (AvgIpc) is 3.04. The number of halogens is 1. The van der Waals surface area contributed by atoms with E-state index in [0.29, 0.717) is 17.3 Å². The number of carbonyl (C=O) groups is 1. The summed E-state index contributed by atoms with van der Waals surface area (Å²) in [5, 5.41) is 4.41. The maximum atomic E-state index is 12.8. The highest BCUT2D eigenvalue weighted by molar-refractivity contribution is 6.38. The van der Waals surface area contributed by atoms with Crippen LogP contribution in [0.25, 0.3) is 10.9 Å². The number of hydrogen-bond donors (Lipinski definition) is 1. The van der Waals surface area contributed by atoms with E-state index in [2.05, 4.69) is 46.3 Å². The second-order valence-corrected chi connectivity index (χ2v) is 8.33. The van der Waals surface area contributed by atoms with Gasteiger partial charge in [0.05, 0.1) is 5.02 Å². The van der Waals surface area contributed by atoms with Gasteiger partial charge in [0.2, 0.25) is 0 Å². The molecule has 1 aliphatic heterocycles. The Morgan fingerprint density at radius 3 is 2.27 bits per heavy atom. The summed E-state index contributed by atoms with van der Waals surface area (Å²) in [5.74, 6) is -0.156. The number of aryl methyl sites for hydroxylation is 1. The Hall–Kier alpha value is -2.34. The lowest BCUT2D eigenvalue weighted by Crippen LogP contribution is -2.45. The van der Waals surface area contributed by atoms with E-state index < -0.39 is 0 Å². The SMILES string of the molecule is CCN1CCN(Cc2ccc(CNC(=O)c3c(Cl)c4ccccc4n3C)cc2)CC1. The molecule has 0 aliphatic carbocycles. The van der Waals surface area contributed by atoms with Gasteiger partial charge in [-0.15, -0.1) is 0 Å². The molecule has 5 nitrogen and oxygen atoms in total. The molecule has 2 heterocycles. The number of aromatic nitrogens is 1. The molecule has 158 valence electrons. The molecule has 30 heavy (non-hydrogen) atoms. The van der Waals surface area contributed by atoms with Crippen molar-refractivity contribution in [3.8, 4) is 0 Å². The van der Waals surface area contributed by atoms with Crippen LogP contribution in [0.2, 0.25) is 5.02 Å². The molecular weight excluding hydrogens is 396 g/mol. The summed E-state index contributed by atoms with van der Waals surface area (Å²) in [5.41, 5.74) is 3.85. The first-order chi connectivity index (χ1) is 14.6. The molecule has 0 atom stereocenters. The number of fused-ring (bicyclic) bond motifs is 1. The highest BCUT2D eigenvalue weighted by atomic mass is 35.5. The third-order valence-electron chi connectivity index (χ3n) is 6.05. The van der Waals surface area contributed by atoms with Crippen molar-refractivity contribution in [1.82, 2.24) is 19.7 Å². The summed E-state index contributed by atoms with van der Waals surface area (Å²) in [7, 11) is 1.87. The first-order valence-corrected chi connectivity index (χ1v) is 11.0. The van der Waals surface area contributed by atoms with Gasteiger partial charge < -0.3 is 14.8 Å². The zero-order chi connectivity index (χ0) is 21.1. The topological polar surface area (TPSA) is 40.5 Å². The highest BCUT2D eigenvalue weighted by Gasteiger charge is 2.19. The summed E-state index contributed by atoms with van der Waals surface area (Å²) in [6, 6.07) is 16.3. The Balaban J connectivity index is 1.35. The lowest BCUT2D eigenvalue weighted by atomic mass is 10.1. The standard InChI is InChI=1S/C24H29ClN4O/c1-3-28-12-14-29(15-13-28)17-19-10-8-18(9-11-19)16-26-24(30)23-22(25)20-6-4-5-7-21(20)27(23)2/h4-11H,3,12-17H2,1-2H3,(H,26,30). The minimum atomic E-state index is -0.156. The predicted molar refractivity (Wildman–Crippen MR) is 123 cm³/mol. The second-order valence-electron chi connectivity index (χ2n) is 7.95. The van der Waals surface area contributed by atoms with Gasteiger partial charge in [0.1, 0.15) is 5.69 Å². The molecule has 1 fully saturated rings. The van der Waals surface area contributed by atoms with Crippen LogP contribution in [0, 0.1) is 0 Å². The first-order valence-electron chi connectivity index (χ1n) is 10.6. The number of hydrogen-bond acceptors (Lipinski definition) is 3. The number of piperazine rings is 1. The molecule has 0 unspecified atom stereocenters. The van der Waals surface area contributed by atoms with Crippen molar-refractivity contribution in [2.45, 2.75) is 20.0 Å². The molecule has 1 aliphatic rings. The van der Waals surface area contributed by atoms with Crippen molar-refractivity contribution in [2.24, 2.45) is 7.05 Å². The Morgan fingerprint density at radius 2 is 1.60 bits per heavy atom. The number of likely N-dealkylation sites (N-methyl/N-ethyl adjacent to an activating group) is 1. The lowest BCUT2D eigenvalue weighted by molar-refractivity contribution is 0.0943. The van der Waals surface area contributed by atoms with Gasteiger partial charge in [-0.05, 0) is 23.7 Å². The molecule has 1 amide bonds. The molecule has 0 radical (unpaired) electrons. The predicted octanol–water partition coefficient (Wildman–Crippen LogP) is 3.90. The van der Waals surface area contributed by atoms with Crippen LogP contribution in [-0.4, -0.2) is 53.0 Å². The Morgan fingerprint density at radius 1 is 0.967 bits per heavy atom. The first kappa shape index (κ1) is 20.9. The van der Waals surface area contributed by atoms with Crippen LogP contribution in [0.3, 0.4) is 0 Å². The van der Waals surface area contributed by atoms with Crippen molar-refractivity contribution in [2.75, 3.05) is 32.7 Å². The van der Waals surface area contributed by atoms with E-state index in [1.807, 2.05) is 35.9 Å². The fraction of sp³-hybridized carbons (Fsp3) is 0.375. The van der Waals surface area contributed by atoms with Crippen molar-refractivity contribution in [3.63, 3.8) is 0 Å². The van der Waals surface area contributed by atoms with Gasteiger partial charge in [0.15, 0.2) is 0 Å². The number of amides is 1. The Bertz CT molecular complexity index is 981. The molecule has 0 spiro atoms. The van der Waals surface area contributed by atoms with Crippen LogP contribution in [0.15, 0.2) is 48.5 Å². The molecular formula is C24H29ClN4O. The van der Waals surface area contributed by atoms with Crippen molar-refractivity contribution >= 4 is 28.4 Å². The van der Waals surface area contributed by atoms with E-state index in [1.54, 1.807) is 0 Å². The van der Waals surface area contributed by atoms with Gasteiger partial charge in [-0.3, -0.25) is 9.69 Å². The molecule has 0 saturated carbocycles. The van der Waals surface area contributed by atoms with Gasteiger partial charge in [0.25, 0.3) is 5.91 Å². The smallest absolute Gasteiger partial charge is 0.269 e. The molecule has 2 aromatic carbocycles. The van der Waals surface area contributed by atoms with Crippen molar-refractivity contribution in [3.05, 3.63) is 70.4 Å². The van der Waals surface area contributed by atoms with E-state index in [4.69, 9.17) is 11.6 Å². The maximum Gasteiger partial charge on any atom is 0.269 e. The van der Waals surface area contributed by atoms with E-state index >= 15 is 0 Å². The van der Waals surface area contributed by atoms with Gasteiger partial charge in [-0.25, -0.2) is 0 Å². The molecule has 1 aromatic heterocycles. The Kier molecular flexibility index (Phi) is 6.42. The summed E-state index contributed by atoms with van der Waals surface area (Å²) in [4.78, 5) is 17.8. The molecule has 0 bridgehead atoms. The summed E-state index contributed by atoms with van der Waals surface area (Å²) < 4.78 is 1.86. The third-order valence-corrected chi connectivity index (χ3v) is 6.44.